The van der Waals surface area contributed by atoms with E-state index in [1.165, 1.54) is 0 Å². The first-order chi connectivity index (χ1) is 4.15. The van der Waals surface area contributed by atoms with E-state index in [4.69, 9.17) is 4.89 Å². The maximum Gasteiger partial charge on any atom is 0.219 e. The summed E-state index contributed by atoms with van der Waals surface area (Å²) in [6.07, 6.45) is 2.77. The predicted octanol–water partition coefficient (Wildman–Crippen LogP) is 0.716. The Bertz CT molecular complexity index is 128. The van der Waals surface area contributed by atoms with Crippen LogP contribution >= 0.6 is 8.03 Å². The fraction of sp³-hybridized carbons (Fsp3) is 1.00. The lowest BCUT2D eigenvalue weighted by Gasteiger charge is -2.16. The zero-order valence-corrected chi connectivity index (χ0v) is 6.13. The summed E-state index contributed by atoms with van der Waals surface area (Å²) < 4.78 is 10.5. The van der Waals surface area contributed by atoms with Crippen molar-refractivity contribution in [1.82, 2.24) is 0 Å². The molecule has 0 spiro atoms. The summed E-state index contributed by atoms with van der Waals surface area (Å²) in [5.74, 6) is 0. The average molecular weight is 150 g/mol. The van der Waals surface area contributed by atoms with Gasteiger partial charge in [0.15, 0.2) is 0 Å². The van der Waals surface area contributed by atoms with E-state index in [0.717, 1.165) is 12.8 Å². The van der Waals surface area contributed by atoms with Gasteiger partial charge in [0.1, 0.15) is 5.34 Å². The molecule has 0 saturated heterocycles. The highest BCUT2D eigenvalue weighted by Crippen LogP contribution is 2.45. The molecule has 9 heavy (non-hydrogen) atoms. The minimum Gasteiger partial charge on any atom is -0.380 e. The highest BCUT2D eigenvalue weighted by molar-refractivity contribution is 7.39. The van der Waals surface area contributed by atoms with E-state index in [-0.39, 0.29) is 0 Å². The van der Waals surface area contributed by atoms with Crippen LogP contribution in [0.15, 0.2) is 0 Å². The van der Waals surface area contributed by atoms with Crippen LogP contribution in [0, 0.1) is 0 Å². The first-order valence-corrected chi connectivity index (χ1v) is 4.46. The van der Waals surface area contributed by atoms with Crippen LogP contribution in [0.2, 0.25) is 0 Å². The van der Waals surface area contributed by atoms with Crippen molar-refractivity contribution >= 4 is 8.03 Å². The fourth-order valence-electron chi connectivity index (χ4n) is 1.17. The molecule has 0 aromatic rings. The summed E-state index contributed by atoms with van der Waals surface area (Å²) in [6.45, 7) is 0. The molecule has 0 aromatic carbocycles. The molecule has 1 fully saturated rings. The van der Waals surface area contributed by atoms with Crippen LogP contribution in [-0.2, 0) is 4.57 Å². The van der Waals surface area contributed by atoms with E-state index < -0.39 is 13.4 Å². The van der Waals surface area contributed by atoms with Gasteiger partial charge in [0, 0.05) is 0 Å². The molecule has 1 rings (SSSR count). The zero-order chi connectivity index (χ0) is 6.91. The van der Waals surface area contributed by atoms with Crippen LogP contribution in [0.3, 0.4) is 0 Å². The Hall–Kier alpha value is 0.150. The lowest BCUT2D eigenvalue weighted by molar-refractivity contribution is 0.123. The van der Waals surface area contributed by atoms with Crippen molar-refractivity contribution in [1.29, 1.82) is 0 Å². The molecular formula is C5H11O3P. The molecule has 0 amide bonds. The summed E-state index contributed by atoms with van der Waals surface area (Å²) in [5, 5.41) is 8.05. The van der Waals surface area contributed by atoms with Gasteiger partial charge in [0.05, 0.1) is 0 Å². The second-order valence-corrected chi connectivity index (χ2v) is 4.08. The van der Waals surface area contributed by atoms with Crippen LogP contribution in [0.5, 0.6) is 0 Å². The minimum atomic E-state index is -2.71. The Balaban J connectivity index is 2.61. The molecule has 1 unspecified atom stereocenters. The zero-order valence-electron chi connectivity index (χ0n) is 5.13. The molecule has 0 aliphatic heterocycles. The summed E-state index contributed by atoms with van der Waals surface area (Å²) in [6, 6.07) is 0. The maximum absolute atomic E-state index is 10.5. The van der Waals surface area contributed by atoms with Crippen molar-refractivity contribution in [2.45, 2.75) is 31.0 Å². The Kier molecular flexibility index (Phi) is 1.94. The van der Waals surface area contributed by atoms with Gasteiger partial charge in [-0.2, -0.15) is 0 Å². The number of aliphatic hydroxyl groups is 1. The monoisotopic (exact) mass is 150 g/mol. The lowest BCUT2D eigenvalue weighted by atomic mass is 10.3. The highest BCUT2D eigenvalue weighted by atomic mass is 31.1. The standard InChI is InChI=1S/C5H11O3P/c6-5(9(7)8)3-1-2-4-5/h6,9H,1-4H2,(H,7,8). The van der Waals surface area contributed by atoms with E-state index in [0.29, 0.717) is 12.8 Å². The molecule has 4 heteroatoms. The molecule has 2 N–H and O–H groups in total. The summed E-state index contributed by atoms with van der Waals surface area (Å²) >= 11 is 0. The molecule has 0 aromatic heterocycles. The van der Waals surface area contributed by atoms with Gasteiger partial charge in [-0.1, -0.05) is 0 Å². The number of rotatable bonds is 1. The van der Waals surface area contributed by atoms with Crippen molar-refractivity contribution in [2.24, 2.45) is 0 Å². The van der Waals surface area contributed by atoms with Gasteiger partial charge in [0.25, 0.3) is 0 Å². The van der Waals surface area contributed by atoms with Gasteiger partial charge < -0.3 is 10.00 Å². The number of hydrogen-bond acceptors (Lipinski definition) is 2. The molecule has 0 bridgehead atoms. The molecule has 0 heterocycles. The maximum atomic E-state index is 10.5. The lowest BCUT2D eigenvalue weighted by Crippen LogP contribution is -2.17. The molecule has 0 radical (unpaired) electrons. The predicted molar refractivity (Wildman–Crippen MR) is 34.6 cm³/mol. The second kappa shape index (κ2) is 2.41. The van der Waals surface area contributed by atoms with Crippen molar-refractivity contribution in [3.63, 3.8) is 0 Å². The van der Waals surface area contributed by atoms with Gasteiger partial charge in [-0.15, -0.1) is 0 Å². The normalized spacial score (nSPS) is 28.2. The third kappa shape index (κ3) is 1.34. The molecule has 54 valence electrons. The van der Waals surface area contributed by atoms with Gasteiger partial charge in [-0.05, 0) is 25.7 Å². The third-order valence-electron chi connectivity index (χ3n) is 1.83. The van der Waals surface area contributed by atoms with Crippen LogP contribution in [-0.4, -0.2) is 15.3 Å². The van der Waals surface area contributed by atoms with Crippen molar-refractivity contribution in [3.05, 3.63) is 0 Å². The molecular weight excluding hydrogens is 139 g/mol. The highest BCUT2D eigenvalue weighted by Gasteiger charge is 2.35. The van der Waals surface area contributed by atoms with Gasteiger partial charge >= 0.3 is 0 Å². The number of hydrogen-bond donors (Lipinski definition) is 2. The van der Waals surface area contributed by atoms with Crippen molar-refractivity contribution in [2.75, 3.05) is 0 Å². The van der Waals surface area contributed by atoms with E-state index in [2.05, 4.69) is 0 Å². The van der Waals surface area contributed by atoms with E-state index in [1.807, 2.05) is 0 Å². The molecule has 1 aliphatic carbocycles. The summed E-state index contributed by atoms with van der Waals surface area (Å²) in [7, 11) is -2.71. The van der Waals surface area contributed by atoms with Crippen LogP contribution < -0.4 is 0 Å². The smallest absolute Gasteiger partial charge is 0.219 e. The topological polar surface area (TPSA) is 57.5 Å². The van der Waals surface area contributed by atoms with Gasteiger partial charge in [0.2, 0.25) is 8.03 Å². The first-order valence-electron chi connectivity index (χ1n) is 3.11. The van der Waals surface area contributed by atoms with E-state index in [9.17, 15) is 9.67 Å². The first kappa shape index (κ1) is 7.26. The van der Waals surface area contributed by atoms with E-state index in [1.54, 1.807) is 0 Å². The molecule has 1 saturated carbocycles. The van der Waals surface area contributed by atoms with Crippen LogP contribution in [0.1, 0.15) is 25.7 Å². The minimum absolute atomic E-state index is 0.501. The fourth-order valence-corrected chi connectivity index (χ4v) is 1.96. The average Bonchev–Trinajstić information content (AvgIpc) is 2.16. The third-order valence-corrected chi connectivity index (χ3v) is 3.12. The largest absolute Gasteiger partial charge is 0.380 e. The van der Waals surface area contributed by atoms with E-state index >= 15 is 0 Å². The summed E-state index contributed by atoms with van der Waals surface area (Å²) in [4.78, 5) is 8.61. The molecule has 1 aliphatic rings. The quantitative estimate of drug-likeness (QED) is 0.541. The summed E-state index contributed by atoms with van der Waals surface area (Å²) in [5.41, 5.74) is 0. The Morgan fingerprint density at radius 3 is 2.00 bits per heavy atom. The van der Waals surface area contributed by atoms with Crippen LogP contribution in [0.4, 0.5) is 0 Å². The van der Waals surface area contributed by atoms with Crippen molar-refractivity contribution in [3.8, 4) is 0 Å². The Morgan fingerprint density at radius 1 is 1.33 bits per heavy atom. The van der Waals surface area contributed by atoms with Crippen molar-refractivity contribution < 1.29 is 14.6 Å². The van der Waals surface area contributed by atoms with Gasteiger partial charge in [-0.25, -0.2) is 0 Å². The van der Waals surface area contributed by atoms with Crippen LogP contribution in [0.25, 0.3) is 0 Å². The Labute approximate surface area is 54.6 Å². The van der Waals surface area contributed by atoms with Gasteiger partial charge in [-0.3, -0.25) is 4.57 Å². The second-order valence-electron chi connectivity index (χ2n) is 2.54. The molecule has 3 nitrogen and oxygen atoms in total. The molecule has 1 atom stereocenters. The SMILES string of the molecule is O=[PH](O)C1(O)CCCC1. The Morgan fingerprint density at radius 2 is 1.78 bits per heavy atom.